The highest BCUT2D eigenvalue weighted by atomic mass is 16.2. The number of rotatable bonds is 4. The summed E-state index contributed by atoms with van der Waals surface area (Å²) in [6.45, 7) is 8.51. The molecule has 1 aliphatic rings. The van der Waals surface area contributed by atoms with Gasteiger partial charge in [-0.25, -0.2) is 0 Å². The molecule has 1 aromatic rings. The lowest BCUT2D eigenvalue weighted by atomic mass is 10.2. The van der Waals surface area contributed by atoms with E-state index in [-0.39, 0.29) is 11.8 Å². The summed E-state index contributed by atoms with van der Waals surface area (Å²) in [5, 5.41) is 0. The summed E-state index contributed by atoms with van der Waals surface area (Å²) >= 11 is 0. The highest BCUT2D eigenvalue weighted by molar-refractivity contribution is 5.95. The van der Waals surface area contributed by atoms with E-state index in [2.05, 4.69) is 11.9 Å². The molecule has 2 heterocycles. The molecule has 0 aromatic carbocycles. The van der Waals surface area contributed by atoms with Crippen LogP contribution in [0.5, 0.6) is 0 Å². The van der Waals surface area contributed by atoms with Crippen molar-refractivity contribution in [1.29, 1.82) is 0 Å². The van der Waals surface area contributed by atoms with Crippen LogP contribution in [0.3, 0.4) is 0 Å². The quantitative estimate of drug-likeness (QED) is 0.923. The zero-order valence-electron chi connectivity index (χ0n) is 13.2. The van der Waals surface area contributed by atoms with E-state index in [1.165, 1.54) is 0 Å². The SMILES string of the molecule is CCCCC(=O)N1CCN(C(=O)c2cc(C)[nH]c2C)CC1. The first-order chi connectivity index (χ1) is 10.0. The van der Waals surface area contributed by atoms with Crippen molar-refractivity contribution in [2.75, 3.05) is 26.2 Å². The third-order valence-corrected chi connectivity index (χ3v) is 4.04. The van der Waals surface area contributed by atoms with Crippen molar-refractivity contribution < 1.29 is 9.59 Å². The van der Waals surface area contributed by atoms with E-state index in [1.54, 1.807) is 0 Å². The van der Waals surface area contributed by atoms with Crippen LogP contribution >= 0.6 is 0 Å². The van der Waals surface area contributed by atoms with Gasteiger partial charge in [-0.15, -0.1) is 0 Å². The second-order valence-corrected chi connectivity index (χ2v) is 5.77. The first-order valence-corrected chi connectivity index (χ1v) is 7.76. The van der Waals surface area contributed by atoms with Crippen LogP contribution in [0, 0.1) is 13.8 Å². The average Bonchev–Trinajstić information content (AvgIpc) is 2.83. The van der Waals surface area contributed by atoms with Crippen molar-refractivity contribution in [2.24, 2.45) is 0 Å². The topological polar surface area (TPSA) is 56.4 Å². The molecule has 1 N–H and O–H groups in total. The lowest BCUT2D eigenvalue weighted by molar-refractivity contribution is -0.132. The molecular formula is C16H25N3O2. The van der Waals surface area contributed by atoms with Crippen LogP contribution in [-0.4, -0.2) is 52.8 Å². The summed E-state index contributed by atoms with van der Waals surface area (Å²) in [4.78, 5) is 31.4. The monoisotopic (exact) mass is 291 g/mol. The number of carbonyl (C=O) groups excluding carboxylic acids is 2. The average molecular weight is 291 g/mol. The number of aryl methyl sites for hydroxylation is 2. The number of aromatic nitrogens is 1. The van der Waals surface area contributed by atoms with Gasteiger partial charge in [0.1, 0.15) is 0 Å². The van der Waals surface area contributed by atoms with Gasteiger partial charge in [-0.1, -0.05) is 13.3 Å². The van der Waals surface area contributed by atoms with E-state index in [9.17, 15) is 9.59 Å². The number of carbonyl (C=O) groups is 2. The van der Waals surface area contributed by atoms with E-state index < -0.39 is 0 Å². The minimum Gasteiger partial charge on any atom is -0.362 e. The van der Waals surface area contributed by atoms with Gasteiger partial charge < -0.3 is 14.8 Å². The van der Waals surface area contributed by atoms with Gasteiger partial charge in [0.05, 0.1) is 5.56 Å². The number of nitrogens with zero attached hydrogens (tertiary/aromatic N) is 2. The molecule has 0 saturated carbocycles. The van der Waals surface area contributed by atoms with Crippen molar-refractivity contribution in [3.8, 4) is 0 Å². The van der Waals surface area contributed by atoms with Crippen LogP contribution in [0.15, 0.2) is 6.07 Å². The molecule has 0 aliphatic carbocycles. The molecule has 0 atom stereocenters. The summed E-state index contributed by atoms with van der Waals surface area (Å²) in [5.41, 5.74) is 2.67. The first-order valence-electron chi connectivity index (χ1n) is 7.76. The highest BCUT2D eigenvalue weighted by Crippen LogP contribution is 2.14. The highest BCUT2D eigenvalue weighted by Gasteiger charge is 2.25. The number of amides is 2. The molecule has 5 nitrogen and oxygen atoms in total. The van der Waals surface area contributed by atoms with Gasteiger partial charge in [0, 0.05) is 44.0 Å². The molecule has 0 unspecified atom stereocenters. The van der Waals surface area contributed by atoms with Crippen LogP contribution in [0.2, 0.25) is 0 Å². The fourth-order valence-electron chi connectivity index (χ4n) is 2.76. The Bertz CT molecular complexity index is 514. The number of unbranched alkanes of at least 4 members (excludes halogenated alkanes) is 1. The number of piperazine rings is 1. The Morgan fingerprint density at radius 3 is 2.29 bits per heavy atom. The van der Waals surface area contributed by atoms with Gasteiger partial charge in [-0.2, -0.15) is 0 Å². The molecule has 0 bridgehead atoms. The Hall–Kier alpha value is -1.78. The lowest BCUT2D eigenvalue weighted by Crippen LogP contribution is -2.50. The van der Waals surface area contributed by atoms with Gasteiger partial charge in [-0.05, 0) is 26.3 Å². The molecule has 21 heavy (non-hydrogen) atoms. The Kier molecular flexibility index (Phi) is 5.04. The maximum Gasteiger partial charge on any atom is 0.255 e. The fraction of sp³-hybridized carbons (Fsp3) is 0.625. The zero-order valence-corrected chi connectivity index (χ0v) is 13.2. The Morgan fingerprint density at radius 1 is 1.14 bits per heavy atom. The van der Waals surface area contributed by atoms with Crippen molar-refractivity contribution >= 4 is 11.8 Å². The summed E-state index contributed by atoms with van der Waals surface area (Å²) in [6.07, 6.45) is 2.61. The minimum atomic E-state index is 0.0671. The van der Waals surface area contributed by atoms with Crippen molar-refractivity contribution in [1.82, 2.24) is 14.8 Å². The van der Waals surface area contributed by atoms with E-state index in [4.69, 9.17) is 0 Å². The predicted octanol–water partition coefficient (Wildman–Crippen LogP) is 2.11. The largest absolute Gasteiger partial charge is 0.362 e. The number of H-pyrrole nitrogens is 1. The molecule has 5 heteroatoms. The van der Waals surface area contributed by atoms with Gasteiger partial charge in [-0.3, -0.25) is 9.59 Å². The number of aromatic amines is 1. The minimum absolute atomic E-state index is 0.0671. The molecule has 2 rings (SSSR count). The number of nitrogens with one attached hydrogen (secondary N) is 1. The first kappa shape index (κ1) is 15.6. The molecule has 116 valence electrons. The maximum atomic E-state index is 12.5. The maximum absolute atomic E-state index is 12.5. The third kappa shape index (κ3) is 3.65. The predicted molar refractivity (Wildman–Crippen MR) is 82.3 cm³/mol. The smallest absolute Gasteiger partial charge is 0.255 e. The van der Waals surface area contributed by atoms with Gasteiger partial charge >= 0.3 is 0 Å². The van der Waals surface area contributed by atoms with Crippen LogP contribution in [0.4, 0.5) is 0 Å². The van der Waals surface area contributed by atoms with Gasteiger partial charge in [0.25, 0.3) is 5.91 Å². The summed E-state index contributed by atoms with van der Waals surface area (Å²) in [5.74, 6) is 0.287. The molecule has 0 radical (unpaired) electrons. The Morgan fingerprint density at radius 2 is 1.76 bits per heavy atom. The second kappa shape index (κ2) is 6.78. The molecule has 1 aliphatic heterocycles. The number of hydrogen-bond acceptors (Lipinski definition) is 2. The summed E-state index contributed by atoms with van der Waals surface area (Å²) in [6, 6.07) is 1.90. The van der Waals surface area contributed by atoms with E-state index in [1.807, 2.05) is 29.7 Å². The van der Waals surface area contributed by atoms with E-state index >= 15 is 0 Å². The number of hydrogen-bond donors (Lipinski definition) is 1. The molecule has 1 fully saturated rings. The summed E-state index contributed by atoms with van der Waals surface area (Å²) < 4.78 is 0. The Balaban J connectivity index is 1.90. The van der Waals surface area contributed by atoms with Crippen LogP contribution in [0.25, 0.3) is 0 Å². The Labute approximate surface area is 126 Å². The van der Waals surface area contributed by atoms with Crippen LogP contribution in [0.1, 0.15) is 47.9 Å². The third-order valence-electron chi connectivity index (χ3n) is 4.04. The van der Waals surface area contributed by atoms with Gasteiger partial charge in [0.15, 0.2) is 0 Å². The van der Waals surface area contributed by atoms with Crippen LogP contribution in [-0.2, 0) is 4.79 Å². The fourth-order valence-corrected chi connectivity index (χ4v) is 2.76. The molecule has 1 saturated heterocycles. The van der Waals surface area contributed by atoms with E-state index in [0.29, 0.717) is 32.6 Å². The molecule has 0 spiro atoms. The normalized spacial score (nSPS) is 15.4. The van der Waals surface area contributed by atoms with Gasteiger partial charge in [0.2, 0.25) is 5.91 Å². The van der Waals surface area contributed by atoms with Crippen molar-refractivity contribution in [3.05, 3.63) is 23.0 Å². The zero-order chi connectivity index (χ0) is 15.4. The second-order valence-electron chi connectivity index (χ2n) is 5.77. The molecule has 1 aromatic heterocycles. The lowest BCUT2D eigenvalue weighted by Gasteiger charge is -2.34. The van der Waals surface area contributed by atoms with Crippen molar-refractivity contribution in [2.45, 2.75) is 40.0 Å². The molecule has 2 amide bonds. The van der Waals surface area contributed by atoms with Crippen molar-refractivity contribution in [3.63, 3.8) is 0 Å². The summed E-state index contributed by atoms with van der Waals surface area (Å²) in [7, 11) is 0. The standard InChI is InChI=1S/C16H25N3O2/c1-4-5-6-15(20)18-7-9-19(10-8-18)16(21)14-11-12(2)17-13(14)3/h11,17H,4-10H2,1-3H3. The van der Waals surface area contributed by atoms with Crippen LogP contribution < -0.4 is 0 Å². The van der Waals surface area contributed by atoms with E-state index in [0.717, 1.165) is 29.8 Å². The molecular weight excluding hydrogens is 266 g/mol.